The van der Waals surface area contributed by atoms with Crippen LogP contribution in [0.5, 0.6) is 0 Å². The highest BCUT2D eigenvalue weighted by Crippen LogP contribution is 2.31. The van der Waals surface area contributed by atoms with Crippen LogP contribution in [0.2, 0.25) is 0 Å². The van der Waals surface area contributed by atoms with E-state index in [-0.39, 0.29) is 11.4 Å². The minimum Gasteiger partial charge on any atom is -0.291 e. The van der Waals surface area contributed by atoms with E-state index in [9.17, 15) is 18.0 Å². The molecule has 126 valence electrons. The predicted octanol–water partition coefficient (Wildman–Crippen LogP) is 3.87. The van der Waals surface area contributed by atoms with Gasteiger partial charge in [0.1, 0.15) is 0 Å². The zero-order chi connectivity index (χ0) is 17.3. The van der Waals surface area contributed by atoms with Crippen LogP contribution in [0.25, 0.3) is 0 Å². The lowest BCUT2D eigenvalue weighted by Gasteiger charge is -2.05. The van der Waals surface area contributed by atoms with Crippen molar-refractivity contribution in [3.63, 3.8) is 0 Å². The minimum atomic E-state index is -4.46. The largest absolute Gasteiger partial charge is 0.416 e. The van der Waals surface area contributed by atoms with Gasteiger partial charge in [0.05, 0.1) is 23.5 Å². The number of thioether (sulfide) groups is 1. The molecule has 0 fully saturated rings. The standard InChI is InChI=1S/C14H12F3N5OS/c1-8-11(12(23)22(21-8)13-18-5-6-24-13)20-19-10-4-2-3-9(7-10)14(15,16)17/h2-4,7,21H,5-6H2,1H3. The molecular formula is C14H12F3N5OS. The average Bonchev–Trinajstić information content (AvgIpc) is 3.14. The van der Waals surface area contributed by atoms with E-state index < -0.39 is 17.3 Å². The first-order valence-corrected chi connectivity index (χ1v) is 7.93. The van der Waals surface area contributed by atoms with Gasteiger partial charge in [-0.1, -0.05) is 17.8 Å². The molecule has 1 aliphatic heterocycles. The molecule has 2 heterocycles. The first-order valence-electron chi connectivity index (χ1n) is 6.94. The summed E-state index contributed by atoms with van der Waals surface area (Å²) in [5, 5.41) is 11.0. The summed E-state index contributed by atoms with van der Waals surface area (Å²) in [7, 11) is 0. The number of aromatic amines is 1. The van der Waals surface area contributed by atoms with Crippen molar-refractivity contribution in [1.29, 1.82) is 0 Å². The summed E-state index contributed by atoms with van der Waals surface area (Å²) < 4.78 is 39.3. The zero-order valence-corrected chi connectivity index (χ0v) is 13.3. The number of hydrogen-bond donors (Lipinski definition) is 1. The lowest BCUT2D eigenvalue weighted by molar-refractivity contribution is -0.137. The summed E-state index contributed by atoms with van der Waals surface area (Å²) in [5.41, 5.74) is -0.729. The number of benzene rings is 1. The van der Waals surface area contributed by atoms with Crippen molar-refractivity contribution in [3.05, 3.63) is 45.9 Å². The third-order valence-corrected chi connectivity index (χ3v) is 4.20. The molecule has 0 amide bonds. The highest BCUT2D eigenvalue weighted by atomic mass is 32.2. The van der Waals surface area contributed by atoms with Crippen LogP contribution in [0.15, 0.2) is 44.3 Å². The van der Waals surface area contributed by atoms with E-state index in [1.807, 2.05) is 0 Å². The van der Waals surface area contributed by atoms with Crippen molar-refractivity contribution >= 4 is 28.3 Å². The summed E-state index contributed by atoms with van der Waals surface area (Å²) in [4.78, 5) is 16.5. The third kappa shape index (κ3) is 3.28. The number of azo groups is 1. The Balaban J connectivity index is 1.92. The van der Waals surface area contributed by atoms with Crippen LogP contribution in [0, 0.1) is 6.92 Å². The average molecular weight is 355 g/mol. The fraction of sp³-hybridized carbons (Fsp3) is 0.286. The van der Waals surface area contributed by atoms with Crippen LogP contribution in [0.3, 0.4) is 0 Å². The molecule has 3 rings (SSSR count). The van der Waals surface area contributed by atoms with Crippen LogP contribution >= 0.6 is 11.8 Å². The normalized spacial score (nSPS) is 15.2. The number of nitrogens with one attached hydrogen (secondary N) is 1. The highest BCUT2D eigenvalue weighted by Gasteiger charge is 2.30. The quantitative estimate of drug-likeness (QED) is 0.831. The highest BCUT2D eigenvalue weighted by molar-refractivity contribution is 8.14. The molecule has 1 aromatic carbocycles. The minimum absolute atomic E-state index is 0.0176. The van der Waals surface area contributed by atoms with Gasteiger partial charge < -0.3 is 0 Å². The van der Waals surface area contributed by atoms with E-state index in [1.54, 1.807) is 6.92 Å². The second-order valence-electron chi connectivity index (χ2n) is 4.99. The number of aromatic nitrogens is 2. The van der Waals surface area contributed by atoms with E-state index in [4.69, 9.17) is 0 Å². The molecule has 2 aromatic rings. The monoisotopic (exact) mass is 355 g/mol. The van der Waals surface area contributed by atoms with Crippen LogP contribution in [-0.2, 0) is 6.18 Å². The van der Waals surface area contributed by atoms with E-state index in [2.05, 4.69) is 20.3 Å². The van der Waals surface area contributed by atoms with Gasteiger partial charge in [-0.15, -0.1) is 5.11 Å². The number of halogens is 3. The Hall–Kier alpha value is -2.36. The van der Waals surface area contributed by atoms with Gasteiger partial charge in [-0.2, -0.15) is 23.0 Å². The van der Waals surface area contributed by atoms with Gasteiger partial charge in [-0.3, -0.25) is 14.9 Å². The van der Waals surface area contributed by atoms with Crippen molar-refractivity contribution in [2.24, 2.45) is 15.2 Å². The second-order valence-corrected chi connectivity index (χ2v) is 6.05. The molecule has 1 aromatic heterocycles. The number of H-pyrrole nitrogens is 1. The van der Waals surface area contributed by atoms with Crippen LogP contribution in [-0.4, -0.2) is 27.2 Å². The Kier molecular flexibility index (Phi) is 4.31. The van der Waals surface area contributed by atoms with Crippen molar-refractivity contribution in [3.8, 4) is 0 Å². The van der Waals surface area contributed by atoms with E-state index in [1.165, 1.54) is 28.6 Å². The SMILES string of the molecule is Cc1[nH]n(C2=NCCS2)c(=O)c1N=Nc1cccc(C(F)(F)F)c1. The molecule has 0 radical (unpaired) electrons. The maximum absolute atomic E-state index is 12.7. The first-order chi connectivity index (χ1) is 11.4. The predicted molar refractivity (Wildman–Crippen MR) is 85.6 cm³/mol. The lowest BCUT2D eigenvalue weighted by Crippen LogP contribution is -2.21. The van der Waals surface area contributed by atoms with Crippen molar-refractivity contribution in [1.82, 2.24) is 9.78 Å². The smallest absolute Gasteiger partial charge is 0.291 e. The Bertz CT molecular complexity index is 881. The number of nitrogens with zero attached hydrogens (tertiary/aromatic N) is 4. The van der Waals surface area contributed by atoms with Gasteiger partial charge in [0.25, 0.3) is 0 Å². The molecule has 24 heavy (non-hydrogen) atoms. The van der Waals surface area contributed by atoms with Crippen LogP contribution in [0.4, 0.5) is 24.5 Å². The Morgan fingerprint density at radius 3 is 2.79 bits per heavy atom. The molecule has 1 aliphatic rings. The Morgan fingerprint density at radius 2 is 2.12 bits per heavy atom. The number of hydrogen-bond acceptors (Lipinski definition) is 5. The molecule has 0 saturated heterocycles. The third-order valence-electron chi connectivity index (χ3n) is 3.24. The number of aryl methyl sites for hydroxylation is 1. The maximum atomic E-state index is 12.7. The summed E-state index contributed by atoms with van der Waals surface area (Å²) in [6.45, 7) is 2.27. The number of alkyl halides is 3. The van der Waals surface area contributed by atoms with E-state index in [0.717, 1.165) is 17.9 Å². The molecule has 0 atom stereocenters. The number of rotatable bonds is 2. The number of aliphatic imine (C=N–C) groups is 1. The summed E-state index contributed by atoms with van der Waals surface area (Å²) >= 11 is 1.44. The van der Waals surface area contributed by atoms with Crippen molar-refractivity contribution < 1.29 is 13.2 Å². The first kappa shape index (κ1) is 16.5. The molecule has 0 unspecified atom stereocenters. The molecular weight excluding hydrogens is 343 g/mol. The van der Waals surface area contributed by atoms with Crippen LogP contribution in [0.1, 0.15) is 11.3 Å². The fourth-order valence-electron chi connectivity index (χ4n) is 2.10. The van der Waals surface area contributed by atoms with E-state index >= 15 is 0 Å². The summed E-state index contributed by atoms with van der Waals surface area (Å²) in [6, 6.07) is 4.45. The van der Waals surface area contributed by atoms with Crippen LogP contribution < -0.4 is 5.56 Å². The van der Waals surface area contributed by atoms with Gasteiger partial charge in [-0.05, 0) is 25.1 Å². The van der Waals surface area contributed by atoms with Crippen molar-refractivity contribution in [2.45, 2.75) is 13.1 Å². The van der Waals surface area contributed by atoms with Gasteiger partial charge >= 0.3 is 11.7 Å². The van der Waals surface area contributed by atoms with Gasteiger partial charge in [0, 0.05) is 5.75 Å². The molecule has 0 spiro atoms. The van der Waals surface area contributed by atoms with E-state index in [0.29, 0.717) is 17.4 Å². The lowest BCUT2D eigenvalue weighted by atomic mass is 10.2. The topological polar surface area (TPSA) is 74.9 Å². The maximum Gasteiger partial charge on any atom is 0.416 e. The zero-order valence-electron chi connectivity index (χ0n) is 12.5. The molecule has 1 N–H and O–H groups in total. The van der Waals surface area contributed by atoms with Gasteiger partial charge in [0.15, 0.2) is 10.9 Å². The van der Waals surface area contributed by atoms with Gasteiger partial charge in [0.2, 0.25) is 0 Å². The summed E-state index contributed by atoms with van der Waals surface area (Å²) in [5.74, 6) is 0.793. The second kappa shape index (κ2) is 6.27. The summed E-state index contributed by atoms with van der Waals surface area (Å²) in [6.07, 6.45) is -4.46. The molecule has 10 heteroatoms. The Labute approximate surface area is 138 Å². The molecule has 0 bridgehead atoms. The molecule has 0 saturated carbocycles. The Morgan fingerprint density at radius 1 is 1.33 bits per heavy atom. The molecule has 6 nitrogen and oxygen atoms in total. The van der Waals surface area contributed by atoms with Gasteiger partial charge in [-0.25, -0.2) is 0 Å². The molecule has 0 aliphatic carbocycles. The fourth-order valence-corrected chi connectivity index (χ4v) is 2.91. The van der Waals surface area contributed by atoms with Crippen molar-refractivity contribution in [2.75, 3.05) is 12.3 Å².